The number of hydrogen-bond acceptors (Lipinski definition) is 4. The molecule has 0 aliphatic rings. The van der Waals surface area contributed by atoms with Crippen molar-refractivity contribution in [3.05, 3.63) is 44.8 Å². The minimum absolute atomic E-state index is 0.221. The molecule has 0 aliphatic heterocycles. The molecular weight excluding hydrogens is 351 g/mol. The van der Waals surface area contributed by atoms with Crippen LogP contribution in [0, 0.1) is 6.92 Å². The van der Waals surface area contributed by atoms with Gasteiger partial charge in [-0.2, -0.15) is 0 Å². The summed E-state index contributed by atoms with van der Waals surface area (Å²) in [6.45, 7) is 2.28. The third-order valence-corrected chi connectivity index (χ3v) is 6.51. The van der Waals surface area contributed by atoms with Crippen molar-refractivity contribution >= 4 is 50.2 Å². The van der Waals surface area contributed by atoms with Crippen molar-refractivity contribution in [3.63, 3.8) is 0 Å². The van der Waals surface area contributed by atoms with E-state index in [1.807, 2.05) is 0 Å². The summed E-state index contributed by atoms with van der Waals surface area (Å²) in [7, 11) is -3.68. The summed E-state index contributed by atoms with van der Waals surface area (Å²) in [6.07, 6.45) is 0.650. The van der Waals surface area contributed by atoms with E-state index in [0.717, 1.165) is 10.4 Å². The van der Waals surface area contributed by atoms with Crippen molar-refractivity contribution in [3.8, 4) is 0 Å². The number of anilines is 1. The summed E-state index contributed by atoms with van der Waals surface area (Å²) < 4.78 is 27.4. The SMILES string of the molecule is Cc1cc(Cl)c(NS(=O)(=O)c2ccc(CCN)s2)cc1Cl. The van der Waals surface area contributed by atoms with Crippen molar-refractivity contribution in [2.75, 3.05) is 11.3 Å². The molecule has 1 aromatic heterocycles. The second-order valence-electron chi connectivity index (χ2n) is 4.45. The zero-order valence-corrected chi connectivity index (χ0v) is 14.3. The highest BCUT2D eigenvalue weighted by molar-refractivity contribution is 7.94. The lowest BCUT2D eigenvalue weighted by atomic mass is 10.2. The molecule has 0 unspecified atom stereocenters. The van der Waals surface area contributed by atoms with Crippen molar-refractivity contribution in [1.82, 2.24) is 0 Å². The molecule has 0 aliphatic carbocycles. The number of rotatable bonds is 5. The molecule has 0 saturated carbocycles. The fraction of sp³-hybridized carbons (Fsp3) is 0.231. The monoisotopic (exact) mass is 364 g/mol. The number of aryl methyl sites for hydroxylation is 1. The summed E-state index contributed by atoms with van der Waals surface area (Å²) in [5.41, 5.74) is 6.51. The second kappa shape index (κ2) is 6.54. The number of benzene rings is 1. The molecule has 1 heterocycles. The normalized spacial score (nSPS) is 11.6. The lowest BCUT2D eigenvalue weighted by Crippen LogP contribution is -2.12. The summed E-state index contributed by atoms with van der Waals surface area (Å²) in [5.74, 6) is 0. The van der Waals surface area contributed by atoms with Gasteiger partial charge in [-0.05, 0) is 49.7 Å². The molecule has 21 heavy (non-hydrogen) atoms. The predicted octanol–water partition coefficient (Wildman–Crippen LogP) is 3.67. The van der Waals surface area contributed by atoms with E-state index in [2.05, 4.69) is 4.72 Å². The number of thiophene rings is 1. The largest absolute Gasteiger partial charge is 0.330 e. The fourth-order valence-corrected chi connectivity index (χ4v) is 4.63. The molecule has 1 aromatic carbocycles. The predicted molar refractivity (Wildman–Crippen MR) is 89.1 cm³/mol. The van der Waals surface area contributed by atoms with Crippen LogP contribution in [0.4, 0.5) is 5.69 Å². The third-order valence-electron chi connectivity index (χ3n) is 2.79. The van der Waals surface area contributed by atoms with Crippen LogP contribution in [0.25, 0.3) is 0 Å². The molecule has 0 amide bonds. The van der Waals surface area contributed by atoms with E-state index in [9.17, 15) is 8.42 Å². The van der Waals surface area contributed by atoms with E-state index < -0.39 is 10.0 Å². The molecule has 4 nitrogen and oxygen atoms in total. The van der Waals surface area contributed by atoms with Crippen molar-refractivity contribution in [2.45, 2.75) is 17.6 Å². The van der Waals surface area contributed by atoms with Crippen LogP contribution in [0.2, 0.25) is 10.0 Å². The van der Waals surface area contributed by atoms with E-state index in [-0.39, 0.29) is 9.90 Å². The molecule has 0 bridgehead atoms. The highest BCUT2D eigenvalue weighted by atomic mass is 35.5. The van der Waals surface area contributed by atoms with Gasteiger partial charge in [-0.25, -0.2) is 8.42 Å². The molecule has 114 valence electrons. The molecule has 2 rings (SSSR count). The smallest absolute Gasteiger partial charge is 0.271 e. The highest BCUT2D eigenvalue weighted by Gasteiger charge is 2.18. The zero-order chi connectivity index (χ0) is 15.6. The van der Waals surface area contributed by atoms with Crippen LogP contribution in [0.15, 0.2) is 28.5 Å². The number of halogens is 2. The van der Waals surface area contributed by atoms with Gasteiger partial charge in [-0.3, -0.25) is 4.72 Å². The Morgan fingerprint density at radius 2 is 1.95 bits per heavy atom. The average Bonchev–Trinajstić information content (AvgIpc) is 2.86. The van der Waals surface area contributed by atoms with Crippen LogP contribution in [-0.4, -0.2) is 15.0 Å². The Hall–Kier alpha value is -0.790. The van der Waals surface area contributed by atoms with Crippen LogP contribution >= 0.6 is 34.5 Å². The Kier molecular flexibility index (Phi) is 5.16. The number of nitrogens with two attached hydrogens (primary N) is 1. The first-order chi connectivity index (χ1) is 9.83. The molecule has 8 heteroatoms. The minimum atomic E-state index is -3.68. The second-order valence-corrected chi connectivity index (χ2v) is 8.34. The minimum Gasteiger partial charge on any atom is -0.330 e. The topological polar surface area (TPSA) is 72.2 Å². The average molecular weight is 365 g/mol. The van der Waals surface area contributed by atoms with Crippen molar-refractivity contribution in [1.29, 1.82) is 0 Å². The van der Waals surface area contributed by atoms with E-state index >= 15 is 0 Å². The Morgan fingerprint density at radius 3 is 2.62 bits per heavy atom. The van der Waals surface area contributed by atoms with Crippen LogP contribution < -0.4 is 10.5 Å². The molecule has 0 spiro atoms. The van der Waals surface area contributed by atoms with Gasteiger partial charge < -0.3 is 5.73 Å². The number of nitrogens with one attached hydrogen (secondary N) is 1. The Labute approximate surface area is 137 Å². The molecular formula is C13H14Cl2N2O2S2. The Balaban J connectivity index is 2.30. The lowest BCUT2D eigenvalue weighted by molar-refractivity contribution is 0.603. The molecule has 3 N–H and O–H groups in total. The van der Waals surface area contributed by atoms with Crippen LogP contribution in [0.5, 0.6) is 0 Å². The van der Waals surface area contributed by atoms with Crippen molar-refractivity contribution in [2.24, 2.45) is 5.73 Å². The van der Waals surface area contributed by atoms with Crippen LogP contribution in [-0.2, 0) is 16.4 Å². The Morgan fingerprint density at radius 1 is 1.24 bits per heavy atom. The Bertz CT molecular complexity index is 758. The van der Waals surface area contributed by atoms with Crippen LogP contribution in [0.3, 0.4) is 0 Å². The highest BCUT2D eigenvalue weighted by Crippen LogP contribution is 2.31. The van der Waals surface area contributed by atoms with Gasteiger partial charge in [0.15, 0.2) is 0 Å². The fourth-order valence-electron chi connectivity index (χ4n) is 1.70. The van der Waals surface area contributed by atoms with Gasteiger partial charge in [0.25, 0.3) is 10.0 Å². The summed E-state index contributed by atoms with van der Waals surface area (Å²) in [4.78, 5) is 0.922. The van der Waals surface area contributed by atoms with Gasteiger partial charge in [-0.1, -0.05) is 23.2 Å². The van der Waals surface area contributed by atoms with Crippen LogP contribution in [0.1, 0.15) is 10.4 Å². The van der Waals surface area contributed by atoms with Gasteiger partial charge in [-0.15, -0.1) is 11.3 Å². The molecule has 0 saturated heterocycles. The van der Waals surface area contributed by atoms with E-state index in [1.165, 1.54) is 17.4 Å². The third kappa shape index (κ3) is 3.90. The molecule has 0 atom stereocenters. The first kappa shape index (κ1) is 16.6. The molecule has 0 radical (unpaired) electrons. The summed E-state index contributed by atoms with van der Waals surface area (Å²) in [5, 5.41) is 0.756. The number of hydrogen-bond donors (Lipinski definition) is 2. The van der Waals surface area contributed by atoms with E-state index in [1.54, 1.807) is 25.1 Å². The first-order valence-corrected chi connectivity index (χ1v) is 9.16. The summed E-state index contributed by atoms with van der Waals surface area (Å²) >= 11 is 13.2. The lowest BCUT2D eigenvalue weighted by Gasteiger charge is -2.10. The molecule has 2 aromatic rings. The van der Waals surface area contributed by atoms with Gasteiger partial charge in [0.1, 0.15) is 4.21 Å². The first-order valence-electron chi connectivity index (χ1n) is 6.10. The van der Waals surface area contributed by atoms with Gasteiger partial charge in [0, 0.05) is 9.90 Å². The van der Waals surface area contributed by atoms with Gasteiger partial charge in [0.2, 0.25) is 0 Å². The maximum absolute atomic E-state index is 12.3. The maximum Gasteiger partial charge on any atom is 0.271 e. The van der Waals surface area contributed by atoms with E-state index in [4.69, 9.17) is 28.9 Å². The van der Waals surface area contributed by atoms with Gasteiger partial charge >= 0.3 is 0 Å². The molecule has 0 fully saturated rings. The zero-order valence-electron chi connectivity index (χ0n) is 11.2. The van der Waals surface area contributed by atoms with E-state index in [0.29, 0.717) is 23.0 Å². The quantitative estimate of drug-likeness (QED) is 0.849. The summed E-state index contributed by atoms with van der Waals surface area (Å²) in [6, 6.07) is 6.44. The number of sulfonamides is 1. The standard InChI is InChI=1S/C13H14Cl2N2O2S2/c1-8-6-11(15)12(7-10(8)14)17-21(18,19)13-3-2-9(20-13)4-5-16/h2-3,6-7,17H,4-5,16H2,1H3. The van der Waals surface area contributed by atoms with Crippen molar-refractivity contribution < 1.29 is 8.42 Å². The van der Waals surface area contributed by atoms with Gasteiger partial charge in [0.05, 0.1) is 10.7 Å². The maximum atomic E-state index is 12.3.